The molecule has 1 saturated carbocycles. The van der Waals surface area contributed by atoms with Crippen molar-refractivity contribution in [3.8, 4) is 0 Å². The summed E-state index contributed by atoms with van der Waals surface area (Å²) in [5, 5.41) is 0. The molecule has 0 amide bonds. The number of fused-ring (bicyclic) bond motifs is 2. The van der Waals surface area contributed by atoms with Crippen molar-refractivity contribution in [3.05, 3.63) is 29.8 Å². The first-order valence-electron chi connectivity index (χ1n) is 9.37. The van der Waals surface area contributed by atoms with E-state index in [0.717, 1.165) is 43.1 Å². The minimum absolute atomic E-state index is 0.166. The molecule has 0 spiro atoms. The normalized spacial score (nSPS) is 16.4. The zero-order chi connectivity index (χ0) is 18.3. The highest BCUT2D eigenvalue weighted by molar-refractivity contribution is 6.08. The molecule has 3 aromatic rings. The standard InChI is InChI=1S/C20H24N4O2/c1-3-12(2)26-20(25)16-17-19(23-15-11-7-6-10-14(15)22-17)24(18(16)21)13-8-4-5-9-13/h6-7,10-13H,3-5,8-9,21H2,1-2H3. The SMILES string of the molecule is CCC(C)OC(=O)c1c(N)n(C2CCCC2)c2nc3ccccc3nc12. The van der Waals surface area contributed by atoms with Crippen LogP contribution in [0.5, 0.6) is 0 Å². The van der Waals surface area contributed by atoms with Gasteiger partial charge in [0.2, 0.25) is 0 Å². The number of hydrogen-bond donors (Lipinski definition) is 1. The van der Waals surface area contributed by atoms with Gasteiger partial charge < -0.3 is 15.0 Å². The highest BCUT2D eigenvalue weighted by Crippen LogP contribution is 2.38. The number of para-hydroxylation sites is 2. The zero-order valence-electron chi connectivity index (χ0n) is 15.2. The number of hydrogen-bond acceptors (Lipinski definition) is 5. The summed E-state index contributed by atoms with van der Waals surface area (Å²) in [4.78, 5) is 22.3. The van der Waals surface area contributed by atoms with Crippen LogP contribution in [-0.2, 0) is 4.74 Å². The molecule has 4 rings (SSSR count). The van der Waals surface area contributed by atoms with Gasteiger partial charge in [-0.05, 0) is 38.3 Å². The lowest BCUT2D eigenvalue weighted by Gasteiger charge is -2.15. The van der Waals surface area contributed by atoms with Crippen LogP contribution >= 0.6 is 0 Å². The highest BCUT2D eigenvalue weighted by atomic mass is 16.5. The average Bonchev–Trinajstić information content (AvgIpc) is 3.24. The van der Waals surface area contributed by atoms with Crippen molar-refractivity contribution in [2.24, 2.45) is 0 Å². The third-order valence-corrected chi connectivity index (χ3v) is 5.31. The van der Waals surface area contributed by atoms with Crippen LogP contribution < -0.4 is 5.73 Å². The summed E-state index contributed by atoms with van der Waals surface area (Å²) in [5.74, 6) is 0.0127. The summed E-state index contributed by atoms with van der Waals surface area (Å²) >= 11 is 0. The van der Waals surface area contributed by atoms with Gasteiger partial charge in [0.15, 0.2) is 5.65 Å². The molecule has 2 N–H and O–H groups in total. The fraction of sp³-hybridized carbons (Fsp3) is 0.450. The van der Waals surface area contributed by atoms with Gasteiger partial charge in [0.25, 0.3) is 0 Å². The minimum atomic E-state index is -0.414. The molecule has 6 nitrogen and oxygen atoms in total. The fourth-order valence-electron chi connectivity index (χ4n) is 3.74. The Kier molecular flexibility index (Phi) is 4.26. The van der Waals surface area contributed by atoms with Gasteiger partial charge in [-0.1, -0.05) is 31.9 Å². The third kappa shape index (κ3) is 2.69. The largest absolute Gasteiger partial charge is 0.459 e. The van der Waals surface area contributed by atoms with E-state index >= 15 is 0 Å². The van der Waals surface area contributed by atoms with Crippen molar-refractivity contribution in [1.82, 2.24) is 14.5 Å². The van der Waals surface area contributed by atoms with Gasteiger partial charge in [0, 0.05) is 6.04 Å². The summed E-state index contributed by atoms with van der Waals surface area (Å²) in [6.07, 6.45) is 5.00. The number of nitrogens with two attached hydrogens (primary N) is 1. The average molecular weight is 352 g/mol. The Balaban J connectivity index is 1.95. The molecule has 1 aromatic carbocycles. The van der Waals surface area contributed by atoms with Crippen LogP contribution in [0.15, 0.2) is 24.3 Å². The number of nitrogens with zero attached hydrogens (tertiary/aromatic N) is 3. The Morgan fingerprint density at radius 3 is 2.58 bits per heavy atom. The zero-order valence-corrected chi connectivity index (χ0v) is 15.2. The number of rotatable bonds is 4. The Bertz CT molecular complexity index is 973. The Morgan fingerprint density at radius 2 is 1.92 bits per heavy atom. The van der Waals surface area contributed by atoms with Gasteiger partial charge in [0.05, 0.1) is 17.1 Å². The molecule has 2 heterocycles. The molecule has 1 unspecified atom stereocenters. The third-order valence-electron chi connectivity index (χ3n) is 5.31. The summed E-state index contributed by atoms with van der Waals surface area (Å²) < 4.78 is 7.57. The first kappa shape index (κ1) is 16.8. The van der Waals surface area contributed by atoms with Crippen molar-refractivity contribution in [2.45, 2.75) is 58.1 Å². The Morgan fingerprint density at radius 1 is 1.27 bits per heavy atom. The van der Waals surface area contributed by atoms with Crippen molar-refractivity contribution < 1.29 is 9.53 Å². The van der Waals surface area contributed by atoms with Gasteiger partial charge >= 0.3 is 5.97 Å². The van der Waals surface area contributed by atoms with Crippen LogP contribution in [0.1, 0.15) is 62.4 Å². The maximum Gasteiger partial charge on any atom is 0.344 e. The molecule has 6 heteroatoms. The molecule has 26 heavy (non-hydrogen) atoms. The van der Waals surface area contributed by atoms with E-state index in [1.165, 1.54) is 0 Å². The molecule has 136 valence electrons. The maximum atomic E-state index is 12.8. The highest BCUT2D eigenvalue weighted by Gasteiger charge is 2.30. The molecule has 0 bridgehead atoms. The first-order valence-corrected chi connectivity index (χ1v) is 9.37. The van der Waals surface area contributed by atoms with E-state index in [4.69, 9.17) is 20.4 Å². The molecule has 1 atom stereocenters. The molecule has 0 saturated heterocycles. The van der Waals surface area contributed by atoms with Crippen LogP contribution in [-0.4, -0.2) is 26.6 Å². The van der Waals surface area contributed by atoms with Crippen LogP contribution in [0, 0.1) is 0 Å². The van der Waals surface area contributed by atoms with E-state index in [9.17, 15) is 4.79 Å². The van der Waals surface area contributed by atoms with Gasteiger partial charge in [-0.25, -0.2) is 14.8 Å². The van der Waals surface area contributed by atoms with Crippen molar-refractivity contribution >= 4 is 34.0 Å². The second kappa shape index (κ2) is 6.59. The van der Waals surface area contributed by atoms with Crippen LogP contribution in [0.25, 0.3) is 22.2 Å². The summed E-state index contributed by atoms with van der Waals surface area (Å²) in [7, 11) is 0. The van der Waals surface area contributed by atoms with Crippen molar-refractivity contribution in [2.75, 3.05) is 5.73 Å². The number of aromatic nitrogens is 3. The van der Waals surface area contributed by atoms with E-state index < -0.39 is 5.97 Å². The lowest BCUT2D eigenvalue weighted by molar-refractivity contribution is 0.0337. The number of benzene rings is 1. The van der Waals surface area contributed by atoms with Gasteiger partial charge in [-0.3, -0.25) is 0 Å². The van der Waals surface area contributed by atoms with Crippen LogP contribution in [0.4, 0.5) is 5.82 Å². The molecular formula is C20H24N4O2. The molecule has 0 radical (unpaired) electrons. The van der Waals surface area contributed by atoms with E-state index in [0.29, 0.717) is 22.5 Å². The number of anilines is 1. The summed E-state index contributed by atoms with van der Waals surface area (Å²) in [5.41, 5.74) is 9.59. The van der Waals surface area contributed by atoms with Crippen LogP contribution in [0.3, 0.4) is 0 Å². The lowest BCUT2D eigenvalue weighted by atomic mass is 10.2. The monoisotopic (exact) mass is 352 g/mol. The van der Waals surface area contributed by atoms with E-state index in [1.54, 1.807) is 0 Å². The molecule has 1 fully saturated rings. The predicted molar refractivity (Wildman–Crippen MR) is 102 cm³/mol. The lowest BCUT2D eigenvalue weighted by Crippen LogP contribution is -2.16. The van der Waals surface area contributed by atoms with Crippen molar-refractivity contribution in [3.63, 3.8) is 0 Å². The van der Waals surface area contributed by atoms with Gasteiger partial charge in [-0.15, -0.1) is 0 Å². The van der Waals surface area contributed by atoms with Gasteiger partial charge in [-0.2, -0.15) is 0 Å². The molecular weight excluding hydrogens is 328 g/mol. The van der Waals surface area contributed by atoms with E-state index in [1.807, 2.05) is 42.7 Å². The predicted octanol–water partition coefficient (Wildman–Crippen LogP) is 4.24. The maximum absolute atomic E-state index is 12.8. The van der Waals surface area contributed by atoms with Crippen molar-refractivity contribution in [1.29, 1.82) is 0 Å². The molecule has 1 aliphatic carbocycles. The second-order valence-corrected chi connectivity index (χ2v) is 7.08. The number of nitrogen functional groups attached to an aromatic ring is 1. The smallest absolute Gasteiger partial charge is 0.344 e. The number of ether oxygens (including phenoxy) is 1. The van der Waals surface area contributed by atoms with Gasteiger partial charge in [0.1, 0.15) is 16.9 Å². The Hall–Kier alpha value is -2.63. The first-order chi connectivity index (χ1) is 12.6. The summed E-state index contributed by atoms with van der Waals surface area (Å²) in [6, 6.07) is 7.94. The van der Waals surface area contributed by atoms with E-state index in [-0.39, 0.29) is 12.1 Å². The summed E-state index contributed by atoms with van der Waals surface area (Å²) in [6.45, 7) is 3.86. The number of carbonyl (C=O) groups excluding carboxylic acids is 1. The quantitative estimate of drug-likeness (QED) is 0.710. The van der Waals surface area contributed by atoms with Crippen LogP contribution in [0.2, 0.25) is 0 Å². The molecule has 2 aromatic heterocycles. The molecule has 0 aliphatic heterocycles. The molecule has 1 aliphatic rings. The fourth-order valence-corrected chi connectivity index (χ4v) is 3.74. The second-order valence-electron chi connectivity index (χ2n) is 7.08. The number of carbonyl (C=O) groups is 1. The Labute approximate surface area is 152 Å². The van der Waals surface area contributed by atoms with E-state index in [2.05, 4.69) is 0 Å². The minimum Gasteiger partial charge on any atom is -0.459 e. The topological polar surface area (TPSA) is 83.0 Å². The number of esters is 1.